The summed E-state index contributed by atoms with van der Waals surface area (Å²) in [4.78, 5) is 10.9. The zero-order chi connectivity index (χ0) is 11.3. The van der Waals surface area contributed by atoms with Crippen LogP contribution in [0.5, 0.6) is 0 Å². The molecule has 0 heterocycles. The minimum absolute atomic E-state index is 0.119. The second-order valence-electron chi connectivity index (χ2n) is 3.04. The second kappa shape index (κ2) is 5.42. The van der Waals surface area contributed by atoms with Crippen LogP contribution in [0.2, 0.25) is 0 Å². The fraction of sp³-hybridized carbons (Fsp3) is 0.273. The van der Waals surface area contributed by atoms with Gasteiger partial charge in [-0.05, 0) is 18.6 Å². The molecule has 0 bridgehead atoms. The van der Waals surface area contributed by atoms with Gasteiger partial charge in [-0.25, -0.2) is 4.79 Å². The van der Waals surface area contributed by atoms with Gasteiger partial charge >= 0.3 is 5.97 Å². The van der Waals surface area contributed by atoms with Crippen LogP contribution in [-0.2, 0) is 5.75 Å². The summed E-state index contributed by atoms with van der Waals surface area (Å²) in [6.45, 7) is 1.80. The maximum Gasteiger partial charge on any atom is 0.335 e. The molecule has 1 N–H and O–H groups in total. The van der Waals surface area contributed by atoms with Crippen LogP contribution in [0.3, 0.4) is 0 Å². The summed E-state index contributed by atoms with van der Waals surface area (Å²) >= 11 is 1.44. The van der Waals surface area contributed by atoms with Gasteiger partial charge in [-0.3, -0.25) is 0 Å². The van der Waals surface area contributed by atoms with E-state index in [1.807, 2.05) is 0 Å². The molecule has 3 nitrogen and oxygen atoms in total. The summed E-state index contributed by atoms with van der Waals surface area (Å²) in [5, 5.41) is 17.4. The smallest absolute Gasteiger partial charge is 0.335 e. The number of hydrogen-bond donors (Lipinski definition) is 1. The van der Waals surface area contributed by atoms with Crippen LogP contribution in [0.15, 0.2) is 24.3 Å². The third kappa shape index (κ3) is 3.30. The first-order valence-electron chi connectivity index (χ1n) is 4.47. The first kappa shape index (κ1) is 11.6. The fourth-order valence-corrected chi connectivity index (χ4v) is 1.86. The summed E-state index contributed by atoms with van der Waals surface area (Å²) in [6, 6.07) is 8.96. The van der Waals surface area contributed by atoms with Crippen molar-refractivity contribution in [1.82, 2.24) is 0 Å². The first-order valence-corrected chi connectivity index (χ1v) is 5.52. The highest BCUT2D eigenvalue weighted by atomic mass is 32.2. The van der Waals surface area contributed by atoms with Crippen LogP contribution in [0, 0.1) is 11.3 Å². The lowest BCUT2D eigenvalue weighted by atomic mass is 10.1. The lowest BCUT2D eigenvalue weighted by Gasteiger charge is -2.06. The van der Waals surface area contributed by atoms with Crippen molar-refractivity contribution in [2.24, 2.45) is 0 Å². The quantitative estimate of drug-likeness (QED) is 0.848. The van der Waals surface area contributed by atoms with E-state index in [0.717, 1.165) is 5.56 Å². The minimum Gasteiger partial charge on any atom is -0.478 e. The van der Waals surface area contributed by atoms with Crippen LogP contribution in [0.25, 0.3) is 0 Å². The second-order valence-corrected chi connectivity index (χ2v) is 4.37. The van der Waals surface area contributed by atoms with Gasteiger partial charge in [-0.1, -0.05) is 18.2 Å². The standard InChI is InChI=1S/C11H11NO2S/c1-8(6-12)15-7-9-4-2-3-5-10(9)11(13)14/h2-5,8H,7H2,1H3,(H,13,14). The van der Waals surface area contributed by atoms with E-state index in [1.54, 1.807) is 31.2 Å². The van der Waals surface area contributed by atoms with Gasteiger partial charge < -0.3 is 5.11 Å². The maximum absolute atomic E-state index is 10.9. The number of rotatable bonds is 4. The molecule has 0 radical (unpaired) electrons. The zero-order valence-electron chi connectivity index (χ0n) is 8.30. The Morgan fingerprint density at radius 3 is 2.87 bits per heavy atom. The molecular weight excluding hydrogens is 210 g/mol. The summed E-state index contributed by atoms with van der Waals surface area (Å²) in [5.74, 6) is -0.368. The Bertz CT molecular complexity index is 398. The van der Waals surface area contributed by atoms with Crippen LogP contribution in [-0.4, -0.2) is 16.3 Å². The molecule has 0 amide bonds. The van der Waals surface area contributed by atoms with Gasteiger partial charge in [0.05, 0.1) is 16.9 Å². The third-order valence-corrected chi connectivity index (χ3v) is 3.00. The Balaban J connectivity index is 2.77. The van der Waals surface area contributed by atoms with E-state index >= 15 is 0 Å². The molecular formula is C11H11NO2S. The molecule has 1 aromatic carbocycles. The molecule has 0 saturated heterocycles. The first-order chi connectivity index (χ1) is 7.15. The molecule has 0 fully saturated rings. The lowest BCUT2D eigenvalue weighted by molar-refractivity contribution is 0.0696. The van der Waals surface area contributed by atoms with Crippen molar-refractivity contribution >= 4 is 17.7 Å². The Morgan fingerprint density at radius 1 is 1.60 bits per heavy atom. The van der Waals surface area contributed by atoms with E-state index in [4.69, 9.17) is 10.4 Å². The highest BCUT2D eigenvalue weighted by Gasteiger charge is 2.09. The monoisotopic (exact) mass is 221 g/mol. The molecule has 4 heteroatoms. The number of nitriles is 1. The number of carboxylic acids is 1. The third-order valence-electron chi connectivity index (χ3n) is 1.92. The topological polar surface area (TPSA) is 61.1 Å². The lowest BCUT2D eigenvalue weighted by Crippen LogP contribution is -2.02. The van der Waals surface area contributed by atoms with Crippen LogP contribution < -0.4 is 0 Å². The molecule has 1 unspecified atom stereocenters. The van der Waals surface area contributed by atoms with E-state index in [-0.39, 0.29) is 5.25 Å². The molecule has 0 aliphatic carbocycles. The molecule has 15 heavy (non-hydrogen) atoms. The van der Waals surface area contributed by atoms with Gasteiger partial charge in [0, 0.05) is 5.75 Å². The number of carboxylic acid groups (broad SMARTS) is 1. The number of aromatic carboxylic acids is 1. The Morgan fingerprint density at radius 2 is 2.27 bits per heavy atom. The van der Waals surface area contributed by atoms with Crippen molar-refractivity contribution in [2.45, 2.75) is 17.9 Å². The Labute approximate surface area is 92.7 Å². The van der Waals surface area contributed by atoms with E-state index in [9.17, 15) is 4.79 Å². The fourth-order valence-electron chi connectivity index (χ4n) is 1.11. The maximum atomic E-state index is 10.9. The van der Waals surface area contributed by atoms with Gasteiger partial charge in [0.25, 0.3) is 0 Å². The van der Waals surface area contributed by atoms with E-state index in [2.05, 4.69) is 6.07 Å². The highest BCUT2D eigenvalue weighted by Crippen LogP contribution is 2.19. The number of benzene rings is 1. The van der Waals surface area contributed by atoms with Crippen LogP contribution in [0.4, 0.5) is 0 Å². The van der Waals surface area contributed by atoms with Crippen molar-refractivity contribution in [3.63, 3.8) is 0 Å². The molecule has 0 spiro atoms. The highest BCUT2D eigenvalue weighted by molar-refractivity contribution is 7.99. The molecule has 1 aromatic rings. The van der Waals surface area contributed by atoms with Crippen molar-refractivity contribution in [2.75, 3.05) is 0 Å². The predicted molar refractivity (Wildman–Crippen MR) is 59.8 cm³/mol. The van der Waals surface area contributed by atoms with Crippen LogP contribution in [0.1, 0.15) is 22.8 Å². The van der Waals surface area contributed by atoms with Crippen molar-refractivity contribution in [3.8, 4) is 6.07 Å². The molecule has 78 valence electrons. The SMILES string of the molecule is CC(C#N)SCc1ccccc1C(=O)O. The number of carbonyl (C=O) groups is 1. The van der Waals surface area contributed by atoms with Crippen LogP contribution >= 0.6 is 11.8 Å². The molecule has 0 aliphatic heterocycles. The van der Waals surface area contributed by atoms with E-state index in [0.29, 0.717) is 11.3 Å². The van der Waals surface area contributed by atoms with Crippen molar-refractivity contribution < 1.29 is 9.90 Å². The minimum atomic E-state index is -0.921. The van der Waals surface area contributed by atoms with E-state index < -0.39 is 5.97 Å². The molecule has 0 aliphatic rings. The predicted octanol–water partition coefficient (Wildman–Crippen LogP) is 2.53. The Kier molecular flexibility index (Phi) is 4.19. The summed E-state index contributed by atoms with van der Waals surface area (Å²) in [7, 11) is 0. The number of nitrogens with zero attached hydrogens (tertiary/aromatic N) is 1. The molecule has 0 saturated carbocycles. The van der Waals surface area contributed by atoms with Crippen molar-refractivity contribution in [3.05, 3.63) is 35.4 Å². The largest absolute Gasteiger partial charge is 0.478 e. The summed E-state index contributed by atoms with van der Waals surface area (Å²) in [6.07, 6.45) is 0. The molecule has 1 atom stereocenters. The normalized spacial score (nSPS) is 11.7. The van der Waals surface area contributed by atoms with E-state index in [1.165, 1.54) is 11.8 Å². The number of thioether (sulfide) groups is 1. The van der Waals surface area contributed by atoms with Gasteiger partial charge in [-0.2, -0.15) is 5.26 Å². The van der Waals surface area contributed by atoms with Gasteiger partial charge in [0.15, 0.2) is 0 Å². The summed E-state index contributed by atoms with van der Waals surface area (Å²) < 4.78 is 0. The van der Waals surface area contributed by atoms with Gasteiger partial charge in [-0.15, -0.1) is 11.8 Å². The average molecular weight is 221 g/mol. The Hall–Kier alpha value is -1.47. The van der Waals surface area contributed by atoms with Crippen molar-refractivity contribution in [1.29, 1.82) is 5.26 Å². The molecule has 1 rings (SSSR count). The van der Waals surface area contributed by atoms with Gasteiger partial charge in [0.2, 0.25) is 0 Å². The number of hydrogen-bond acceptors (Lipinski definition) is 3. The summed E-state index contributed by atoms with van der Waals surface area (Å²) in [5.41, 5.74) is 1.08. The average Bonchev–Trinajstić information content (AvgIpc) is 2.26. The zero-order valence-corrected chi connectivity index (χ0v) is 9.12. The van der Waals surface area contributed by atoms with Gasteiger partial charge in [0.1, 0.15) is 0 Å². The molecule has 0 aromatic heterocycles.